The van der Waals surface area contributed by atoms with Crippen LogP contribution in [0.25, 0.3) is 27.5 Å². The number of aromatic nitrogens is 1. The highest BCUT2D eigenvalue weighted by atomic mass is 15.0. The fourth-order valence-electron chi connectivity index (χ4n) is 3.43. The number of nitrogens with one attached hydrogen (secondary N) is 1. The van der Waals surface area contributed by atoms with Gasteiger partial charge in [-0.1, -0.05) is 54.6 Å². The van der Waals surface area contributed by atoms with Gasteiger partial charge in [0.25, 0.3) is 0 Å². The summed E-state index contributed by atoms with van der Waals surface area (Å²) in [7, 11) is 0. The first kappa shape index (κ1) is 16.2. The van der Waals surface area contributed by atoms with Crippen LogP contribution < -0.4 is 5.32 Å². The molecular weight excluding hydrogens is 316 g/mol. The second-order valence-electron chi connectivity index (χ2n) is 6.41. The van der Waals surface area contributed by atoms with Gasteiger partial charge in [-0.25, -0.2) is 0 Å². The van der Waals surface area contributed by atoms with Gasteiger partial charge in [-0.3, -0.25) is 0 Å². The van der Waals surface area contributed by atoms with E-state index in [1.54, 1.807) is 0 Å². The van der Waals surface area contributed by atoms with Gasteiger partial charge >= 0.3 is 0 Å². The molecule has 1 N–H and O–H groups in total. The lowest BCUT2D eigenvalue weighted by atomic mass is 10.1. The Labute approximate surface area is 154 Å². The number of fused-ring (bicyclic) bond motifs is 3. The van der Waals surface area contributed by atoms with Crippen molar-refractivity contribution in [1.82, 2.24) is 4.57 Å². The van der Waals surface area contributed by atoms with Gasteiger partial charge < -0.3 is 9.88 Å². The maximum Gasteiger partial charge on any atom is 0.0558 e. The first-order valence-corrected chi connectivity index (χ1v) is 8.93. The fraction of sp³-hybridized carbons (Fsp3) is 0.0833. The smallest absolute Gasteiger partial charge is 0.0558 e. The van der Waals surface area contributed by atoms with E-state index in [0.717, 1.165) is 11.4 Å². The molecule has 1 aromatic heterocycles. The zero-order valence-electron chi connectivity index (χ0n) is 15.1. The lowest BCUT2D eigenvalue weighted by Gasteiger charge is -2.10. The molecule has 0 aliphatic heterocycles. The number of para-hydroxylation sites is 2. The average molecular weight is 338 g/mol. The largest absolute Gasteiger partial charge is 0.355 e. The zero-order chi connectivity index (χ0) is 17.9. The van der Waals surface area contributed by atoms with Crippen molar-refractivity contribution >= 4 is 38.9 Å². The van der Waals surface area contributed by atoms with Crippen LogP contribution in [0.15, 0.2) is 91.0 Å². The molecule has 0 bridgehead atoms. The molecule has 4 aromatic rings. The van der Waals surface area contributed by atoms with Gasteiger partial charge in [0.15, 0.2) is 0 Å². The molecular formula is C24H22N2. The summed E-state index contributed by atoms with van der Waals surface area (Å²) in [5, 5.41) is 6.05. The molecule has 2 heteroatoms. The first-order valence-electron chi connectivity index (χ1n) is 8.93. The third-order valence-electron chi connectivity index (χ3n) is 4.62. The van der Waals surface area contributed by atoms with Crippen molar-refractivity contribution in [3.8, 4) is 0 Å². The van der Waals surface area contributed by atoms with Crippen molar-refractivity contribution in [2.75, 3.05) is 5.32 Å². The predicted octanol–water partition coefficient (Wildman–Crippen LogP) is 6.98. The van der Waals surface area contributed by atoms with Gasteiger partial charge in [0.05, 0.1) is 11.0 Å². The molecule has 2 nitrogen and oxygen atoms in total. The molecule has 0 saturated carbocycles. The highest BCUT2D eigenvalue weighted by Crippen LogP contribution is 2.33. The number of anilines is 2. The molecule has 0 radical (unpaired) electrons. The van der Waals surface area contributed by atoms with Gasteiger partial charge in [-0.2, -0.15) is 0 Å². The Morgan fingerprint density at radius 2 is 1.54 bits per heavy atom. The highest BCUT2D eigenvalue weighted by molar-refractivity contribution is 6.10. The number of allylic oxidation sites excluding steroid dienone is 4. The normalized spacial score (nSPS) is 12.3. The van der Waals surface area contributed by atoms with Crippen LogP contribution in [-0.2, 0) is 0 Å². The maximum atomic E-state index is 3.50. The Hall–Kier alpha value is -3.26. The van der Waals surface area contributed by atoms with E-state index in [1.165, 1.54) is 27.5 Å². The molecule has 0 unspecified atom stereocenters. The van der Waals surface area contributed by atoms with Gasteiger partial charge in [-0.05, 0) is 50.3 Å². The maximum absolute atomic E-state index is 3.50. The molecule has 3 aromatic carbocycles. The number of nitrogens with zero attached hydrogens (tertiary/aromatic N) is 1. The Morgan fingerprint density at radius 1 is 0.808 bits per heavy atom. The number of hydrogen-bond acceptors (Lipinski definition) is 1. The van der Waals surface area contributed by atoms with Crippen LogP contribution in [-0.4, -0.2) is 4.57 Å². The Morgan fingerprint density at radius 3 is 2.35 bits per heavy atom. The minimum atomic E-state index is 1.09. The van der Waals surface area contributed by atoms with E-state index in [2.05, 4.69) is 89.6 Å². The molecule has 0 fully saturated rings. The minimum absolute atomic E-state index is 1.09. The fourth-order valence-corrected chi connectivity index (χ4v) is 3.43. The van der Waals surface area contributed by atoms with Crippen LogP contribution in [0.2, 0.25) is 0 Å². The van der Waals surface area contributed by atoms with Crippen LogP contribution in [0, 0.1) is 0 Å². The molecule has 0 saturated heterocycles. The van der Waals surface area contributed by atoms with E-state index in [1.807, 2.05) is 25.1 Å². The number of rotatable bonds is 4. The van der Waals surface area contributed by atoms with E-state index in [0.29, 0.717) is 0 Å². The molecule has 128 valence electrons. The van der Waals surface area contributed by atoms with E-state index < -0.39 is 0 Å². The summed E-state index contributed by atoms with van der Waals surface area (Å²) in [6.07, 6.45) is 6.30. The topological polar surface area (TPSA) is 17.0 Å². The van der Waals surface area contributed by atoms with Gasteiger partial charge in [-0.15, -0.1) is 0 Å². The van der Waals surface area contributed by atoms with E-state index in [4.69, 9.17) is 0 Å². The summed E-state index contributed by atoms with van der Waals surface area (Å²) >= 11 is 0. The summed E-state index contributed by atoms with van der Waals surface area (Å²) < 4.78 is 2.33. The Balaban J connectivity index is 1.92. The quantitative estimate of drug-likeness (QED) is 0.397. The number of benzene rings is 3. The Kier molecular flexibility index (Phi) is 4.32. The standard InChI is InChI=1S/C24H22N2/c1-3-4-10-18(2)26-23-14-9-8-13-21(23)22-16-15-20(17-24(22)26)25-19-11-6-5-7-12-19/h3-17,25H,1-2H3/b4-3-,18-10+. The molecule has 0 amide bonds. The van der Waals surface area contributed by atoms with Crippen LogP contribution in [0.3, 0.4) is 0 Å². The van der Waals surface area contributed by atoms with Crippen molar-refractivity contribution in [1.29, 1.82) is 0 Å². The van der Waals surface area contributed by atoms with E-state index in [9.17, 15) is 0 Å². The average Bonchev–Trinajstić information content (AvgIpc) is 3.00. The van der Waals surface area contributed by atoms with Crippen LogP contribution >= 0.6 is 0 Å². The van der Waals surface area contributed by atoms with Crippen LogP contribution in [0.1, 0.15) is 13.8 Å². The van der Waals surface area contributed by atoms with E-state index in [-0.39, 0.29) is 0 Å². The number of hydrogen-bond donors (Lipinski definition) is 1. The minimum Gasteiger partial charge on any atom is -0.355 e. The lowest BCUT2D eigenvalue weighted by Crippen LogP contribution is -1.94. The summed E-state index contributed by atoms with van der Waals surface area (Å²) in [6.45, 7) is 4.20. The SMILES string of the molecule is C/C=C\C=C(/C)n1c2ccccc2c2ccc(Nc3ccccc3)cc21. The summed E-state index contributed by atoms with van der Waals surface area (Å²) in [5.74, 6) is 0. The summed E-state index contributed by atoms with van der Waals surface area (Å²) in [5.41, 5.74) is 5.83. The molecule has 0 aliphatic rings. The molecule has 4 rings (SSSR count). The second-order valence-corrected chi connectivity index (χ2v) is 6.41. The summed E-state index contributed by atoms with van der Waals surface area (Å²) in [6, 6.07) is 25.5. The van der Waals surface area contributed by atoms with Crippen molar-refractivity contribution in [2.24, 2.45) is 0 Å². The first-order chi connectivity index (χ1) is 12.8. The van der Waals surface area contributed by atoms with E-state index >= 15 is 0 Å². The van der Waals surface area contributed by atoms with Gasteiger partial charge in [0.2, 0.25) is 0 Å². The Bertz CT molecular complexity index is 1120. The second kappa shape index (κ2) is 6.93. The molecule has 0 spiro atoms. The zero-order valence-corrected chi connectivity index (χ0v) is 15.1. The van der Waals surface area contributed by atoms with Gasteiger partial charge in [0, 0.05) is 27.8 Å². The van der Waals surface area contributed by atoms with Crippen LogP contribution in [0.5, 0.6) is 0 Å². The van der Waals surface area contributed by atoms with Crippen molar-refractivity contribution < 1.29 is 0 Å². The third kappa shape index (κ3) is 2.91. The third-order valence-corrected chi connectivity index (χ3v) is 4.62. The van der Waals surface area contributed by atoms with Crippen molar-refractivity contribution in [2.45, 2.75) is 13.8 Å². The summed E-state index contributed by atoms with van der Waals surface area (Å²) in [4.78, 5) is 0. The lowest BCUT2D eigenvalue weighted by molar-refractivity contribution is 1.20. The molecule has 0 atom stereocenters. The monoisotopic (exact) mass is 338 g/mol. The highest BCUT2D eigenvalue weighted by Gasteiger charge is 2.11. The van der Waals surface area contributed by atoms with Crippen LogP contribution in [0.4, 0.5) is 11.4 Å². The van der Waals surface area contributed by atoms with Crippen molar-refractivity contribution in [3.05, 3.63) is 91.0 Å². The molecule has 1 heterocycles. The molecule has 0 aliphatic carbocycles. The predicted molar refractivity (Wildman–Crippen MR) is 114 cm³/mol. The molecule has 26 heavy (non-hydrogen) atoms. The van der Waals surface area contributed by atoms with Crippen molar-refractivity contribution in [3.63, 3.8) is 0 Å². The van der Waals surface area contributed by atoms with Gasteiger partial charge in [0.1, 0.15) is 0 Å².